The Bertz CT molecular complexity index is 1520. The third-order valence-corrected chi connectivity index (χ3v) is 6.33. The molecule has 5 aromatic rings. The van der Waals surface area contributed by atoms with Crippen LogP contribution in [0.2, 0.25) is 5.02 Å². The van der Waals surface area contributed by atoms with E-state index >= 15 is 0 Å². The molecule has 0 saturated carbocycles. The van der Waals surface area contributed by atoms with Crippen molar-refractivity contribution in [2.45, 2.75) is 24.0 Å². The van der Waals surface area contributed by atoms with E-state index in [2.05, 4.69) is 23.8 Å². The zero-order valence-electron chi connectivity index (χ0n) is 17.5. The number of aromatic nitrogens is 4. The summed E-state index contributed by atoms with van der Waals surface area (Å²) in [5.74, 6) is 0. The van der Waals surface area contributed by atoms with Crippen LogP contribution in [0.5, 0.6) is 0 Å². The van der Waals surface area contributed by atoms with E-state index in [0.29, 0.717) is 32.5 Å². The molecule has 5 nitrogen and oxygen atoms in total. The van der Waals surface area contributed by atoms with Crippen molar-refractivity contribution in [3.63, 3.8) is 0 Å². The Hall–Kier alpha value is -3.22. The number of hydrogen-bond acceptors (Lipinski definition) is 5. The van der Waals surface area contributed by atoms with Gasteiger partial charge in [-0.2, -0.15) is 0 Å². The van der Waals surface area contributed by atoms with Crippen molar-refractivity contribution in [2.24, 2.45) is 0 Å². The lowest BCUT2D eigenvalue weighted by atomic mass is 10.0. The zero-order valence-corrected chi connectivity index (χ0v) is 19.0. The smallest absolute Gasteiger partial charge is 0.222 e. The molecule has 0 unspecified atom stereocenters. The number of rotatable bonds is 4. The largest absolute Gasteiger partial charge is 0.343 e. The second kappa shape index (κ2) is 8.37. The third kappa shape index (κ3) is 3.76. The lowest BCUT2D eigenvalue weighted by Crippen LogP contribution is -2.11. The molecule has 0 aliphatic heterocycles. The molecule has 158 valence electrons. The van der Waals surface area contributed by atoms with Gasteiger partial charge in [0.05, 0.1) is 26.8 Å². The number of hydrogen-bond donors (Lipinski definition) is 1. The van der Waals surface area contributed by atoms with E-state index in [0.717, 1.165) is 22.0 Å². The number of fused-ring (bicyclic) bond motifs is 2. The van der Waals surface area contributed by atoms with Gasteiger partial charge in [0, 0.05) is 34.2 Å². The van der Waals surface area contributed by atoms with Gasteiger partial charge in [0.1, 0.15) is 0 Å². The quantitative estimate of drug-likeness (QED) is 0.317. The van der Waals surface area contributed by atoms with Crippen LogP contribution in [0.4, 0.5) is 0 Å². The molecule has 0 fully saturated rings. The number of thioether (sulfide) groups is 1. The van der Waals surface area contributed by atoms with E-state index < -0.39 is 0 Å². The van der Waals surface area contributed by atoms with Gasteiger partial charge < -0.3 is 4.98 Å². The number of halogens is 1. The van der Waals surface area contributed by atoms with Gasteiger partial charge in [0.2, 0.25) is 5.43 Å². The highest BCUT2D eigenvalue weighted by atomic mass is 35.5. The van der Waals surface area contributed by atoms with Gasteiger partial charge in [-0.05, 0) is 18.2 Å². The minimum atomic E-state index is -0.126. The van der Waals surface area contributed by atoms with Crippen molar-refractivity contribution in [3.8, 4) is 22.5 Å². The Morgan fingerprint density at radius 3 is 2.50 bits per heavy atom. The molecule has 0 amide bonds. The molecule has 0 aliphatic rings. The number of benzene rings is 2. The van der Waals surface area contributed by atoms with Gasteiger partial charge in [-0.25, -0.2) is 9.97 Å². The lowest BCUT2D eigenvalue weighted by molar-refractivity contribution is 1.10. The van der Waals surface area contributed by atoms with Crippen molar-refractivity contribution >= 4 is 45.4 Å². The zero-order chi connectivity index (χ0) is 22.2. The van der Waals surface area contributed by atoms with Crippen LogP contribution >= 0.6 is 23.4 Å². The molecule has 2 aromatic carbocycles. The van der Waals surface area contributed by atoms with Gasteiger partial charge in [0.15, 0.2) is 11.2 Å². The number of nitrogens with zero attached hydrogens (tertiary/aromatic N) is 3. The highest BCUT2D eigenvalue weighted by Crippen LogP contribution is 2.34. The summed E-state index contributed by atoms with van der Waals surface area (Å²) in [4.78, 5) is 31.0. The summed E-state index contributed by atoms with van der Waals surface area (Å²) in [7, 11) is 0. The van der Waals surface area contributed by atoms with Crippen LogP contribution in [-0.4, -0.2) is 25.2 Å². The summed E-state index contributed by atoms with van der Waals surface area (Å²) in [6, 6.07) is 17.5. The number of pyridine rings is 2. The van der Waals surface area contributed by atoms with Crippen LogP contribution in [0.1, 0.15) is 13.8 Å². The highest BCUT2D eigenvalue weighted by Gasteiger charge is 2.18. The molecule has 3 heterocycles. The van der Waals surface area contributed by atoms with Crippen LogP contribution in [-0.2, 0) is 0 Å². The molecule has 1 N–H and O–H groups in total. The minimum Gasteiger partial charge on any atom is -0.343 e. The van der Waals surface area contributed by atoms with Crippen LogP contribution in [0.3, 0.4) is 0 Å². The van der Waals surface area contributed by atoms with Crippen molar-refractivity contribution < 1.29 is 0 Å². The summed E-state index contributed by atoms with van der Waals surface area (Å²) in [6.45, 7) is 4.10. The maximum atomic E-state index is 13.2. The fourth-order valence-corrected chi connectivity index (χ4v) is 4.75. The Morgan fingerprint density at radius 1 is 0.938 bits per heavy atom. The number of aromatic amines is 1. The minimum absolute atomic E-state index is 0.126. The van der Waals surface area contributed by atoms with Gasteiger partial charge in [-0.15, -0.1) is 11.8 Å². The summed E-state index contributed by atoms with van der Waals surface area (Å²) >= 11 is 8.07. The van der Waals surface area contributed by atoms with E-state index in [-0.39, 0.29) is 10.7 Å². The third-order valence-electron chi connectivity index (χ3n) is 5.02. The molecule has 3 aromatic heterocycles. The lowest BCUT2D eigenvalue weighted by Gasteiger charge is -2.12. The first kappa shape index (κ1) is 20.7. The summed E-state index contributed by atoms with van der Waals surface area (Å²) in [5.41, 5.74) is 4.34. The standard InChI is InChI=1S/C25H19ClN4OS/c1-14(2)32-19-13-28-25-23(24(19)31)29-22(21(30-25)15-7-4-3-5-8-15)17-11-16-9-6-10-27-20(16)18(26)12-17/h3-14H,1-2H3,(H,28,30,31). The molecule has 0 radical (unpaired) electrons. The highest BCUT2D eigenvalue weighted by molar-refractivity contribution is 7.99. The molecule has 32 heavy (non-hydrogen) atoms. The normalized spacial score (nSPS) is 11.5. The second-order valence-electron chi connectivity index (χ2n) is 7.67. The van der Waals surface area contributed by atoms with Crippen LogP contribution < -0.4 is 5.43 Å². The van der Waals surface area contributed by atoms with Gasteiger partial charge in [-0.3, -0.25) is 9.78 Å². The SMILES string of the molecule is CC(C)Sc1c[nH]c2nc(-c3ccccc3)c(-c3cc(Cl)c4ncccc4c3)nc2c1=O. The molecule has 7 heteroatoms. The maximum absolute atomic E-state index is 13.2. The molecule has 0 aliphatic carbocycles. The summed E-state index contributed by atoms with van der Waals surface area (Å²) in [6.07, 6.45) is 3.43. The summed E-state index contributed by atoms with van der Waals surface area (Å²) in [5, 5.41) is 1.70. The molecule has 0 atom stereocenters. The van der Waals surface area contributed by atoms with Crippen LogP contribution in [0, 0.1) is 0 Å². The predicted octanol–water partition coefficient (Wildman–Crippen LogP) is 6.35. The van der Waals surface area contributed by atoms with Crippen LogP contribution in [0.15, 0.2) is 76.7 Å². The first-order valence-corrected chi connectivity index (χ1v) is 11.5. The molecule has 0 spiro atoms. The van der Waals surface area contributed by atoms with Crippen molar-refractivity contribution in [2.75, 3.05) is 0 Å². The second-order valence-corrected chi connectivity index (χ2v) is 9.69. The van der Waals surface area contributed by atoms with Crippen LogP contribution in [0.25, 0.3) is 44.6 Å². The average Bonchev–Trinajstić information content (AvgIpc) is 2.80. The van der Waals surface area contributed by atoms with E-state index in [1.54, 1.807) is 12.4 Å². The van der Waals surface area contributed by atoms with E-state index in [4.69, 9.17) is 21.6 Å². The Labute approximate surface area is 193 Å². The molecule has 5 rings (SSSR count). The molecular weight excluding hydrogens is 440 g/mol. The van der Waals surface area contributed by atoms with E-state index in [1.807, 2.05) is 54.6 Å². The number of nitrogens with one attached hydrogen (secondary N) is 1. The first-order valence-electron chi connectivity index (χ1n) is 10.2. The molecule has 0 bridgehead atoms. The topological polar surface area (TPSA) is 71.5 Å². The van der Waals surface area contributed by atoms with Crippen molar-refractivity contribution in [1.29, 1.82) is 0 Å². The average molecular weight is 459 g/mol. The fraction of sp³-hybridized carbons (Fsp3) is 0.120. The van der Waals surface area contributed by atoms with Gasteiger partial charge in [0.25, 0.3) is 0 Å². The van der Waals surface area contributed by atoms with Crippen molar-refractivity contribution in [1.82, 2.24) is 19.9 Å². The molecular formula is C25H19ClN4OS. The molecule has 0 saturated heterocycles. The number of H-pyrrole nitrogens is 1. The maximum Gasteiger partial charge on any atom is 0.222 e. The van der Waals surface area contributed by atoms with E-state index in [1.165, 1.54) is 11.8 Å². The summed E-state index contributed by atoms with van der Waals surface area (Å²) < 4.78 is 0. The van der Waals surface area contributed by atoms with Gasteiger partial charge in [-0.1, -0.05) is 61.8 Å². The first-order chi connectivity index (χ1) is 15.5. The monoisotopic (exact) mass is 458 g/mol. The predicted molar refractivity (Wildman–Crippen MR) is 132 cm³/mol. The van der Waals surface area contributed by atoms with Crippen molar-refractivity contribution in [3.05, 3.63) is 82.2 Å². The Balaban J connectivity index is 1.83. The Morgan fingerprint density at radius 2 is 1.72 bits per heavy atom. The van der Waals surface area contributed by atoms with E-state index in [9.17, 15) is 4.79 Å². The van der Waals surface area contributed by atoms with Gasteiger partial charge >= 0.3 is 0 Å². The Kier molecular flexibility index (Phi) is 5.41. The fourth-order valence-electron chi connectivity index (χ4n) is 3.64.